The molecule has 156 valence electrons. The molecule has 1 fully saturated rings. The molecule has 12 heteroatoms. The van der Waals surface area contributed by atoms with Crippen LogP contribution in [0.1, 0.15) is 15.9 Å². The standard InChI is InChI=1S/C17H15ClF3N3O3S2/c18-14-4-3-11(10-13(14)17(19,20)21)29(26,27)24-8-6-23(7-9-24)16(25)12-2-1-5-22-15(12)28/h1-5,10H,6-9H2,(H,22,28). The van der Waals surface area contributed by atoms with Crippen LogP contribution >= 0.6 is 23.8 Å². The SMILES string of the molecule is O=C(c1ccc[nH]c1=S)N1CCN(S(=O)(=O)c2ccc(Cl)c(C(F)(F)F)c2)CC1. The number of H-pyrrole nitrogens is 1. The summed E-state index contributed by atoms with van der Waals surface area (Å²) in [5.74, 6) is -0.338. The van der Waals surface area contributed by atoms with Crippen LogP contribution in [-0.4, -0.2) is 54.7 Å². The Hall–Kier alpha value is -1.95. The first kappa shape index (κ1) is 21.8. The molecule has 0 unspecified atom stereocenters. The number of aromatic nitrogens is 1. The van der Waals surface area contributed by atoms with Crippen LogP contribution < -0.4 is 0 Å². The molecule has 1 aliphatic rings. The Balaban J connectivity index is 1.78. The Labute approximate surface area is 174 Å². The number of nitrogens with zero attached hydrogens (tertiary/aromatic N) is 2. The number of hydrogen-bond acceptors (Lipinski definition) is 4. The van der Waals surface area contributed by atoms with Crippen LogP contribution in [0.25, 0.3) is 0 Å². The molecule has 0 atom stereocenters. The lowest BCUT2D eigenvalue weighted by Crippen LogP contribution is -2.50. The van der Waals surface area contributed by atoms with Gasteiger partial charge >= 0.3 is 6.18 Å². The van der Waals surface area contributed by atoms with Gasteiger partial charge < -0.3 is 9.88 Å². The lowest BCUT2D eigenvalue weighted by molar-refractivity contribution is -0.137. The molecule has 0 saturated carbocycles. The van der Waals surface area contributed by atoms with Gasteiger partial charge in [0.2, 0.25) is 10.0 Å². The third kappa shape index (κ3) is 4.47. The van der Waals surface area contributed by atoms with Crippen molar-refractivity contribution in [3.63, 3.8) is 0 Å². The molecule has 1 aromatic heterocycles. The van der Waals surface area contributed by atoms with E-state index in [-0.39, 0.29) is 36.7 Å². The Morgan fingerprint density at radius 2 is 1.79 bits per heavy atom. The summed E-state index contributed by atoms with van der Waals surface area (Å²) in [4.78, 5) is 16.3. The highest BCUT2D eigenvalue weighted by Crippen LogP contribution is 2.36. The molecule has 1 aliphatic heterocycles. The van der Waals surface area contributed by atoms with E-state index in [1.165, 1.54) is 4.90 Å². The first-order chi connectivity index (χ1) is 13.5. The van der Waals surface area contributed by atoms with E-state index < -0.39 is 31.7 Å². The van der Waals surface area contributed by atoms with E-state index in [1.807, 2.05) is 0 Å². The zero-order chi connectivity index (χ0) is 21.4. The van der Waals surface area contributed by atoms with E-state index in [0.29, 0.717) is 11.6 Å². The molecular weight excluding hydrogens is 451 g/mol. The minimum Gasteiger partial charge on any atom is -0.352 e. The second-order valence-corrected chi connectivity index (χ2v) is 9.00. The molecule has 1 N–H and O–H groups in total. The maximum Gasteiger partial charge on any atom is 0.417 e. The number of aromatic amines is 1. The topological polar surface area (TPSA) is 73.5 Å². The molecule has 0 radical (unpaired) electrons. The van der Waals surface area contributed by atoms with E-state index in [9.17, 15) is 26.4 Å². The summed E-state index contributed by atoms with van der Waals surface area (Å²) < 4.78 is 66.0. The average molecular weight is 466 g/mol. The largest absolute Gasteiger partial charge is 0.417 e. The summed E-state index contributed by atoms with van der Waals surface area (Å²) in [5.41, 5.74) is -0.918. The van der Waals surface area contributed by atoms with Gasteiger partial charge in [0.15, 0.2) is 0 Å². The number of rotatable bonds is 3. The number of pyridine rings is 1. The fourth-order valence-electron chi connectivity index (χ4n) is 2.92. The van der Waals surface area contributed by atoms with Crippen molar-refractivity contribution in [3.8, 4) is 0 Å². The van der Waals surface area contributed by atoms with Crippen molar-refractivity contribution in [2.24, 2.45) is 0 Å². The molecular formula is C17H15ClF3N3O3S2. The zero-order valence-electron chi connectivity index (χ0n) is 14.7. The van der Waals surface area contributed by atoms with E-state index >= 15 is 0 Å². The number of carbonyl (C=O) groups excluding carboxylic acids is 1. The van der Waals surface area contributed by atoms with Gasteiger partial charge in [0, 0.05) is 32.4 Å². The molecule has 0 spiro atoms. The van der Waals surface area contributed by atoms with Crippen molar-refractivity contribution in [1.82, 2.24) is 14.2 Å². The van der Waals surface area contributed by atoms with Gasteiger partial charge in [-0.2, -0.15) is 17.5 Å². The predicted molar refractivity (Wildman–Crippen MR) is 103 cm³/mol. The van der Waals surface area contributed by atoms with Crippen molar-refractivity contribution in [3.05, 3.63) is 57.3 Å². The Morgan fingerprint density at radius 1 is 1.14 bits per heavy atom. The highest BCUT2D eigenvalue weighted by atomic mass is 35.5. The minimum atomic E-state index is -4.78. The number of carbonyl (C=O) groups is 1. The molecule has 29 heavy (non-hydrogen) atoms. The van der Waals surface area contributed by atoms with Crippen molar-refractivity contribution in [2.75, 3.05) is 26.2 Å². The second-order valence-electron chi connectivity index (χ2n) is 6.25. The van der Waals surface area contributed by atoms with Gasteiger partial charge in [0.05, 0.1) is 21.0 Å². The maximum atomic E-state index is 13.0. The highest BCUT2D eigenvalue weighted by molar-refractivity contribution is 7.89. The molecule has 1 aromatic carbocycles. The summed E-state index contributed by atoms with van der Waals surface area (Å²) in [5, 5.41) is -0.578. The van der Waals surface area contributed by atoms with E-state index in [2.05, 4.69) is 4.98 Å². The van der Waals surface area contributed by atoms with Gasteiger partial charge in [-0.05, 0) is 30.3 Å². The number of sulfonamides is 1. The zero-order valence-corrected chi connectivity index (χ0v) is 17.1. The number of halogens is 4. The van der Waals surface area contributed by atoms with Crippen LogP contribution in [0.4, 0.5) is 13.2 Å². The molecule has 0 bridgehead atoms. The molecule has 0 aliphatic carbocycles. The quantitative estimate of drug-likeness (QED) is 0.703. The van der Waals surface area contributed by atoms with Gasteiger partial charge in [-0.3, -0.25) is 4.79 Å². The van der Waals surface area contributed by atoms with Crippen molar-refractivity contribution in [1.29, 1.82) is 0 Å². The number of nitrogens with one attached hydrogen (secondary N) is 1. The fourth-order valence-corrected chi connectivity index (χ4v) is 4.82. The molecule has 3 rings (SSSR count). The first-order valence-electron chi connectivity index (χ1n) is 8.35. The second kappa shape index (κ2) is 8.05. The molecule has 2 aromatic rings. The van der Waals surface area contributed by atoms with Crippen molar-refractivity contribution >= 4 is 39.7 Å². The van der Waals surface area contributed by atoms with E-state index in [4.69, 9.17) is 23.8 Å². The lowest BCUT2D eigenvalue weighted by Gasteiger charge is -2.34. The number of alkyl halides is 3. The van der Waals surface area contributed by atoms with Gasteiger partial charge in [-0.1, -0.05) is 23.8 Å². The van der Waals surface area contributed by atoms with Crippen molar-refractivity contribution < 1.29 is 26.4 Å². The predicted octanol–water partition coefficient (Wildman–Crippen LogP) is 3.56. The average Bonchev–Trinajstić information content (AvgIpc) is 2.67. The van der Waals surface area contributed by atoms with Crippen LogP contribution in [0, 0.1) is 4.64 Å². The Morgan fingerprint density at radius 3 is 2.38 bits per heavy atom. The first-order valence-corrected chi connectivity index (χ1v) is 10.6. The number of hydrogen-bond donors (Lipinski definition) is 1. The summed E-state index contributed by atoms with van der Waals surface area (Å²) >= 11 is 10.6. The molecule has 2 heterocycles. The van der Waals surface area contributed by atoms with E-state index in [1.54, 1.807) is 18.3 Å². The van der Waals surface area contributed by atoms with Crippen LogP contribution in [0.5, 0.6) is 0 Å². The highest BCUT2D eigenvalue weighted by Gasteiger charge is 2.36. The number of amides is 1. The van der Waals surface area contributed by atoms with Gasteiger partial charge in [0.25, 0.3) is 5.91 Å². The van der Waals surface area contributed by atoms with Gasteiger partial charge in [-0.25, -0.2) is 8.42 Å². The maximum absolute atomic E-state index is 13.0. The van der Waals surface area contributed by atoms with Crippen LogP contribution in [0.15, 0.2) is 41.4 Å². The molecule has 6 nitrogen and oxygen atoms in total. The van der Waals surface area contributed by atoms with Gasteiger partial charge in [-0.15, -0.1) is 0 Å². The Bertz CT molecular complexity index is 1090. The summed E-state index contributed by atoms with van der Waals surface area (Å²) in [6.07, 6.45) is -3.19. The van der Waals surface area contributed by atoms with Crippen LogP contribution in [0.2, 0.25) is 5.02 Å². The van der Waals surface area contributed by atoms with Crippen LogP contribution in [-0.2, 0) is 16.2 Å². The number of piperazine rings is 1. The van der Waals surface area contributed by atoms with Gasteiger partial charge in [0.1, 0.15) is 4.64 Å². The van der Waals surface area contributed by atoms with E-state index in [0.717, 1.165) is 16.4 Å². The summed E-state index contributed by atoms with van der Waals surface area (Å²) in [6, 6.07) is 5.67. The monoisotopic (exact) mass is 465 g/mol. The third-order valence-electron chi connectivity index (χ3n) is 4.46. The Kier molecular flexibility index (Phi) is 6.04. The van der Waals surface area contributed by atoms with Crippen molar-refractivity contribution in [2.45, 2.75) is 11.1 Å². The van der Waals surface area contributed by atoms with Crippen LogP contribution in [0.3, 0.4) is 0 Å². The summed E-state index contributed by atoms with van der Waals surface area (Å²) in [6.45, 7) is 0.0611. The normalized spacial score (nSPS) is 16.1. The molecule has 1 saturated heterocycles. The summed E-state index contributed by atoms with van der Waals surface area (Å²) in [7, 11) is -4.17. The fraction of sp³-hybridized carbons (Fsp3) is 0.294. The minimum absolute atomic E-state index is 0.0542. The smallest absolute Gasteiger partial charge is 0.352 e. The number of benzene rings is 1. The lowest BCUT2D eigenvalue weighted by atomic mass is 10.2. The third-order valence-corrected chi connectivity index (χ3v) is 7.02. The molecule has 1 amide bonds.